The highest BCUT2D eigenvalue weighted by atomic mass is 32.2. The molecule has 5 heteroatoms. The van der Waals surface area contributed by atoms with Crippen LogP contribution in [0.25, 0.3) is 11.0 Å². The third kappa shape index (κ3) is 2.67. The van der Waals surface area contributed by atoms with Gasteiger partial charge in [-0.1, -0.05) is 23.9 Å². The lowest BCUT2D eigenvalue weighted by molar-refractivity contribution is -0.139. The zero-order valence-electron chi connectivity index (χ0n) is 10.5. The van der Waals surface area contributed by atoms with Crippen molar-refractivity contribution < 1.29 is 9.53 Å². The van der Waals surface area contributed by atoms with Gasteiger partial charge in [0.1, 0.15) is 0 Å². The van der Waals surface area contributed by atoms with E-state index in [1.54, 1.807) is 0 Å². The molecule has 0 aliphatic heterocycles. The summed E-state index contributed by atoms with van der Waals surface area (Å²) in [6, 6.07) is 7.99. The van der Waals surface area contributed by atoms with E-state index in [9.17, 15) is 4.79 Å². The predicted octanol–water partition coefficient (Wildman–Crippen LogP) is 2.71. The number of hydrogen-bond donors (Lipinski definition) is 0. The molecule has 2 rings (SSSR count). The summed E-state index contributed by atoms with van der Waals surface area (Å²) in [6.07, 6.45) is 0. The van der Waals surface area contributed by atoms with Crippen LogP contribution in [0.3, 0.4) is 0 Å². The lowest BCUT2D eigenvalue weighted by Gasteiger charge is -2.05. The van der Waals surface area contributed by atoms with Gasteiger partial charge in [0.05, 0.1) is 23.4 Å². The third-order valence-electron chi connectivity index (χ3n) is 2.56. The SMILES string of the molecule is CCOC(=O)CSc1nc2ccccc2n1CC. The summed E-state index contributed by atoms with van der Waals surface area (Å²) in [4.78, 5) is 15.9. The summed E-state index contributed by atoms with van der Waals surface area (Å²) >= 11 is 1.42. The molecule has 0 spiro atoms. The highest BCUT2D eigenvalue weighted by Crippen LogP contribution is 2.23. The molecule has 1 aromatic carbocycles. The maximum Gasteiger partial charge on any atom is 0.316 e. The highest BCUT2D eigenvalue weighted by molar-refractivity contribution is 7.99. The van der Waals surface area contributed by atoms with E-state index in [-0.39, 0.29) is 5.97 Å². The molecule has 0 fully saturated rings. The number of imidazole rings is 1. The first-order valence-electron chi connectivity index (χ1n) is 6.00. The average molecular weight is 264 g/mol. The molecule has 0 atom stereocenters. The van der Waals surface area contributed by atoms with Crippen molar-refractivity contribution in [2.24, 2.45) is 0 Å². The van der Waals surface area contributed by atoms with E-state index < -0.39 is 0 Å². The molecule has 0 N–H and O–H groups in total. The maximum atomic E-state index is 11.4. The second-order valence-electron chi connectivity index (χ2n) is 3.72. The van der Waals surface area contributed by atoms with E-state index in [4.69, 9.17) is 4.74 Å². The number of esters is 1. The molecule has 0 saturated heterocycles. The lowest BCUT2D eigenvalue weighted by Crippen LogP contribution is -2.07. The van der Waals surface area contributed by atoms with E-state index in [1.165, 1.54) is 11.8 Å². The van der Waals surface area contributed by atoms with Gasteiger partial charge >= 0.3 is 5.97 Å². The number of carbonyl (C=O) groups excluding carboxylic acids is 1. The number of thioether (sulfide) groups is 1. The Morgan fingerprint density at radius 3 is 2.89 bits per heavy atom. The molecular formula is C13H16N2O2S. The molecule has 96 valence electrons. The Morgan fingerprint density at radius 2 is 2.17 bits per heavy atom. The van der Waals surface area contributed by atoms with E-state index >= 15 is 0 Å². The molecule has 0 unspecified atom stereocenters. The molecule has 1 heterocycles. The maximum absolute atomic E-state index is 11.4. The van der Waals surface area contributed by atoms with E-state index in [0.29, 0.717) is 12.4 Å². The summed E-state index contributed by atoms with van der Waals surface area (Å²) in [6.45, 7) is 5.14. The van der Waals surface area contributed by atoms with Gasteiger partial charge in [0, 0.05) is 6.54 Å². The highest BCUT2D eigenvalue weighted by Gasteiger charge is 2.11. The van der Waals surface area contributed by atoms with Crippen LogP contribution in [0.5, 0.6) is 0 Å². The number of fused-ring (bicyclic) bond motifs is 1. The van der Waals surface area contributed by atoms with Gasteiger partial charge in [-0.25, -0.2) is 4.98 Å². The van der Waals surface area contributed by atoms with Crippen molar-refractivity contribution >= 4 is 28.8 Å². The Hall–Kier alpha value is -1.49. The normalized spacial score (nSPS) is 10.8. The minimum atomic E-state index is -0.197. The quantitative estimate of drug-likeness (QED) is 0.615. The number of para-hydroxylation sites is 2. The summed E-state index contributed by atoms with van der Waals surface area (Å²) in [5.41, 5.74) is 2.07. The second kappa shape index (κ2) is 5.91. The minimum absolute atomic E-state index is 0.197. The molecule has 0 radical (unpaired) electrons. The summed E-state index contributed by atoms with van der Waals surface area (Å²) in [7, 11) is 0. The van der Waals surface area contributed by atoms with Crippen molar-refractivity contribution in [3.63, 3.8) is 0 Å². The van der Waals surface area contributed by atoms with Gasteiger partial charge in [-0.05, 0) is 26.0 Å². The molecule has 0 aliphatic carbocycles. The Morgan fingerprint density at radius 1 is 1.39 bits per heavy atom. The molecular weight excluding hydrogens is 248 g/mol. The molecule has 0 bridgehead atoms. The number of aryl methyl sites for hydroxylation is 1. The predicted molar refractivity (Wildman–Crippen MR) is 72.8 cm³/mol. The van der Waals surface area contributed by atoms with Crippen LogP contribution in [0.2, 0.25) is 0 Å². The smallest absolute Gasteiger partial charge is 0.316 e. The molecule has 2 aromatic rings. The van der Waals surface area contributed by atoms with Crippen molar-refractivity contribution in [1.82, 2.24) is 9.55 Å². The Bertz CT molecular complexity index is 551. The Labute approximate surface area is 110 Å². The van der Waals surface area contributed by atoms with E-state index in [2.05, 4.69) is 16.5 Å². The number of nitrogens with zero attached hydrogens (tertiary/aromatic N) is 2. The first kappa shape index (κ1) is 13.0. The number of rotatable bonds is 5. The first-order chi connectivity index (χ1) is 8.76. The van der Waals surface area contributed by atoms with E-state index in [1.807, 2.05) is 31.2 Å². The minimum Gasteiger partial charge on any atom is -0.465 e. The van der Waals surface area contributed by atoms with Gasteiger partial charge in [0.15, 0.2) is 5.16 Å². The lowest BCUT2D eigenvalue weighted by atomic mass is 10.3. The largest absolute Gasteiger partial charge is 0.465 e. The zero-order valence-corrected chi connectivity index (χ0v) is 11.4. The van der Waals surface area contributed by atoms with Crippen LogP contribution in [-0.4, -0.2) is 27.9 Å². The van der Waals surface area contributed by atoms with Crippen LogP contribution in [0.15, 0.2) is 29.4 Å². The molecule has 4 nitrogen and oxygen atoms in total. The van der Waals surface area contributed by atoms with Gasteiger partial charge in [0.25, 0.3) is 0 Å². The van der Waals surface area contributed by atoms with Crippen LogP contribution < -0.4 is 0 Å². The standard InChI is InChI=1S/C13H16N2O2S/c1-3-15-11-8-6-5-7-10(11)14-13(15)18-9-12(16)17-4-2/h5-8H,3-4,9H2,1-2H3. The summed E-state index contributed by atoms with van der Waals surface area (Å²) in [5, 5.41) is 0.867. The number of ether oxygens (including phenoxy) is 1. The Balaban J connectivity index is 2.19. The molecule has 0 saturated carbocycles. The fourth-order valence-corrected chi connectivity index (χ4v) is 2.67. The molecule has 0 aliphatic rings. The van der Waals surface area contributed by atoms with Crippen molar-refractivity contribution in [1.29, 1.82) is 0 Å². The number of hydrogen-bond acceptors (Lipinski definition) is 4. The van der Waals surface area contributed by atoms with Gasteiger partial charge in [-0.3, -0.25) is 4.79 Å². The molecule has 1 aromatic heterocycles. The number of aromatic nitrogens is 2. The van der Waals surface area contributed by atoms with Crippen molar-refractivity contribution in [2.75, 3.05) is 12.4 Å². The average Bonchev–Trinajstić information content (AvgIpc) is 2.74. The summed E-state index contributed by atoms with van der Waals surface area (Å²) < 4.78 is 7.02. The first-order valence-corrected chi connectivity index (χ1v) is 6.98. The van der Waals surface area contributed by atoms with Gasteiger partial charge in [-0.15, -0.1) is 0 Å². The van der Waals surface area contributed by atoms with Gasteiger partial charge in [-0.2, -0.15) is 0 Å². The second-order valence-corrected chi connectivity index (χ2v) is 4.66. The molecule has 0 amide bonds. The number of benzene rings is 1. The van der Waals surface area contributed by atoms with Crippen molar-refractivity contribution in [2.45, 2.75) is 25.5 Å². The number of carbonyl (C=O) groups is 1. The van der Waals surface area contributed by atoms with Gasteiger partial charge < -0.3 is 9.30 Å². The monoisotopic (exact) mass is 264 g/mol. The zero-order chi connectivity index (χ0) is 13.0. The third-order valence-corrected chi connectivity index (χ3v) is 3.51. The van der Waals surface area contributed by atoms with Crippen LogP contribution in [0.4, 0.5) is 0 Å². The van der Waals surface area contributed by atoms with Crippen molar-refractivity contribution in [3.8, 4) is 0 Å². The van der Waals surface area contributed by atoms with E-state index in [0.717, 1.165) is 22.7 Å². The molecule has 18 heavy (non-hydrogen) atoms. The van der Waals surface area contributed by atoms with Crippen molar-refractivity contribution in [3.05, 3.63) is 24.3 Å². The van der Waals surface area contributed by atoms with Crippen LogP contribution >= 0.6 is 11.8 Å². The van der Waals surface area contributed by atoms with Crippen LogP contribution in [0, 0.1) is 0 Å². The van der Waals surface area contributed by atoms with Crippen LogP contribution in [-0.2, 0) is 16.1 Å². The fourth-order valence-electron chi connectivity index (χ4n) is 1.80. The topological polar surface area (TPSA) is 44.1 Å². The van der Waals surface area contributed by atoms with Crippen LogP contribution in [0.1, 0.15) is 13.8 Å². The Kier molecular flexibility index (Phi) is 4.25. The summed E-state index contributed by atoms with van der Waals surface area (Å²) in [5.74, 6) is 0.106. The fraction of sp³-hybridized carbons (Fsp3) is 0.385. The van der Waals surface area contributed by atoms with Gasteiger partial charge in [0.2, 0.25) is 0 Å².